The van der Waals surface area contributed by atoms with Crippen molar-refractivity contribution in [2.75, 3.05) is 0 Å². The summed E-state index contributed by atoms with van der Waals surface area (Å²) >= 11 is 0. The highest BCUT2D eigenvalue weighted by atomic mass is 19.1. The number of halogens is 1. The number of allylic oxidation sites excluding steroid dienone is 2. The van der Waals surface area contributed by atoms with Crippen LogP contribution in [0.5, 0.6) is 0 Å². The highest BCUT2D eigenvalue weighted by Crippen LogP contribution is 2.26. The molecular formula is C9H9FN2O. The van der Waals surface area contributed by atoms with E-state index in [2.05, 4.69) is 10.3 Å². The van der Waals surface area contributed by atoms with Crippen LogP contribution < -0.4 is 5.32 Å². The van der Waals surface area contributed by atoms with Crippen molar-refractivity contribution in [2.24, 2.45) is 10.9 Å². The molecule has 0 spiro atoms. The quantitative estimate of drug-likeness (QED) is 0.592. The molecule has 1 amide bonds. The first-order chi connectivity index (χ1) is 6.18. The third-order valence-electron chi connectivity index (χ3n) is 2.25. The Labute approximate surface area is 75.0 Å². The van der Waals surface area contributed by atoms with E-state index in [-0.39, 0.29) is 23.7 Å². The smallest absolute Gasteiger partial charge is 0.234 e. The average Bonchev–Trinajstić information content (AvgIpc) is 2.09. The number of rotatable bonds is 0. The van der Waals surface area contributed by atoms with Crippen LogP contribution in [0.15, 0.2) is 28.5 Å². The molecule has 2 rings (SSSR count). The lowest BCUT2D eigenvalue weighted by atomic mass is 9.90. The van der Waals surface area contributed by atoms with Crippen LogP contribution in [0.3, 0.4) is 0 Å². The number of carbonyl (C=O) groups is 1. The number of hydrogen-bond acceptors (Lipinski definition) is 2. The van der Waals surface area contributed by atoms with Gasteiger partial charge < -0.3 is 5.32 Å². The largest absolute Gasteiger partial charge is 0.317 e. The lowest BCUT2D eigenvalue weighted by molar-refractivity contribution is -0.122. The van der Waals surface area contributed by atoms with Crippen LogP contribution in [0.2, 0.25) is 0 Å². The predicted molar refractivity (Wildman–Crippen MR) is 46.9 cm³/mol. The fourth-order valence-corrected chi connectivity index (χ4v) is 1.48. The lowest BCUT2D eigenvalue weighted by Crippen LogP contribution is -2.40. The number of nitrogens with zero attached hydrogens (tertiary/aromatic N) is 1. The number of carbonyl (C=O) groups excluding carboxylic acids is 1. The Morgan fingerprint density at radius 1 is 1.54 bits per heavy atom. The van der Waals surface area contributed by atoms with Crippen LogP contribution in [-0.2, 0) is 4.79 Å². The Morgan fingerprint density at radius 3 is 3.08 bits per heavy atom. The lowest BCUT2D eigenvalue weighted by Gasteiger charge is -2.24. The van der Waals surface area contributed by atoms with E-state index in [0.29, 0.717) is 5.57 Å². The topological polar surface area (TPSA) is 41.5 Å². The maximum atomic E-state index is 13.1. The van der Waals surface area contributed by atoms with Gasteiger partial charge in [0.05, 0.1) is 18.3 Å². The summed E-state index contributed by atoms with van der Waals surface area (Å²) in [4.78, 5) is 15.3. The molecule has 3 nitrogen and oxygen atoms in total. The number of hydrogen-bond donors (Lipinski definition) is 1. The predicted octanol–water partition coefficient (Wildman–Crippen LogP) is 0.943. The van der Waals surface area contributed by atoms with Crippen molar-refractivity contribution in [1.82, 2.24) is 5.32 Å². The third kappa shape index (κ3) is 1.28. The number of nitrogens with one attached hydrogen (secondary N) is 1. The number of fused-ring (bicyclic) bond motifs is 1. The van der Waals surface area contributed by atoms with Gasteiger partial charge in [0.25, 0.3) is 0 Å². The molecule has 0 saturated heterocycles. The molecule has 2 aliphatic rings. The van der Waals surface area contributed by atoms with Gasteiger partial charge in [-0.2, -0.15) is 0 Å². The summed E-state index contributed by atoms with van der Waals surface area (Å²) in [5.41, 5.74) is 0.508. The first kappa shape index (κ1) is 8.16. The van der Waals surface area contributed by atoms with Gasteiger partial charge >= 0.3 is 0 Å². The first-order valence-corrected chi connectivity index (χ1v) is 4.06. The van der Waals surface area contributed by atoms with E-state index < -0.39 is 0 Å². The molecule has 0 aromatic heterocycles. The fourth-order valence-electron chi connectivity index (χ4n) is 1.48. The standard InChI is InChI=1S/C9H9FN2O/c1-5-2-6-8(3-7(5)10)11-4-12-9(6)13/h2-4,6,8H,1H3,(H,11,12,13). The van der Waals surface area contributed by atoms with E-state index in [1.165, 1.54) is 12.4 Å². The van der Waals surface area contributed by atoms with Crippen LogP contribution in [0.25, 0.3) is 0 Å². The zero-order chi connectivity index (χ0) is 9.42. The fraction of sp³-hybridized carbons (Fsp3) is 0.333. The van der Waals surface area contributed by atoms with Crippen molar-refractivity contribution >= 4 is 12.2 Å². The van der Waals surface area contributed by atoms with Crippen molar-refractivity contribution in [3.05, 3.63) is 23.6 Å². The van der Waals surface area contributed by atoms with Crippen molar-refractivity contribution < 1.29 is 9.18 Å². The van der Waals surface area contributed by atoms with Crippen molar-refractivity contribution in [3.8, 4) is 0 Å². The summed E-state index contributed by atoms with van der Waals surface area (Å²) in [5, 5.41) is 2.49. The molecule has 13 heavy (non-hydrogen) atoms. The SMILES string of the molecule is CC1=CC2C(=O)NC=NC2C=C1F. The van der Waals surface area contributed by atoms with Crippen molar-refractivity contribution in [2.45, 2.75) is 13.0 Å². The summed E-state index contributed by atoms with van der Waals surface area (Å²) in [5.74, 6) is -0.749. The molecule has 1 aliphatic heterocycles. The van der Waals surface area contributed by atoms with Crippen LogP contribution in [0.4, 0.5) is 4.39 Å². The second-order valence-electron chi connectivity index (χ2n) is 3.17. The maximum absolute atomic E-state index is 13.1. The second-order valence-corrected chi connectivity index (χ2v) is 3.17. The minimum atomic E-state index is -0.363. The van der Waals surface area contributed by atoms with Gasteiger partial charge in [-0.25, -0.2) is 4.39 Å². The van der Waals surface area contributed by atoms with E-state index in [1.54, 1.807) is 13.0 Å². The zero-order valence-electron chi connectivity index (χ0n) is 7.12. The van der Waals surface area contributed by atoms with Gasteiger partial charge in [0, 0.05) is 0 Å². The second kappa shape index (κ2) is 2.80. The Kier molecular flexibility index (Phi) is 1.76. The highest BCUT2D eigenvalue weighted by Gasteiger charge is 2.30. The van der Waals surface area contributed by atoms with E-state index in [4.69, 9.17) is 0 Å². The molecule has 0 saturated carbocycles. The van der Waals surface area contributed by atoms with Crippen LogP contribution in [-0.4, -0.2) is 18.3 Å². The van der Waals surface area contributed by atoms with Gasteiger partial charge in [0.2, 0.25) is 5.91 Å². The third-order valence-corrected chi connectivity index (χ3v) is 2.25. The maximum Gasteiger partial charge on any atom is 0.234 e. The first-order valence-electron chi connectivity index (χ1n) is 4.06. The normalized spacial score (nSPS) is 31.7. The molecule has 1 heterocycles. The summed E-state index contributed by atoms with van der Waals surface area (Å²) < 4.78 is 13.1. The van der Waals surface area contributed by atoms with Crippen molar-refractivity contribution in [3.63, 3.8) is 0 Å². The summed E-state index contributed by atoms with van der Waals surface area (Å²) in [6, 6.07) is -0.363. The van der Waals surface area contributed by atoms with Crippen LogP contribution in [0, 0.1) is 5.92 Å². The van der Waals surface area contributed by atoms with E-state index in [1.807, 2.05) is 0 Å². The van der Waals surface area contributed by atoms with Gasteiger partial charge in [-0.05, 0) is 18.6 Å². The zero-order valence-corrected chi connectivity index (χ0v) is 7.12. The molecular weight excluding hydrogens is 171 g/mol. The minimum Gasteiger partial charge on any atom is -0.317 e. The molecule has 0 aromatic rings. The molecule has 1 aliphatic carbocycles. The van der Waals surface area contributed by atoms with E-state index in [9.17, 15) is 9.18 Å². The molecule has 2 atom stereocenters. The van der Waals surface area contributed by atoms with Gasteiger partial charge in [-0.3, -0.25) is 9.79 Å². The van der Waals surface area contributed by atoms with Crippen molar-refractivity contribution in [1.29, 1.82) is 0 Å². The monoisotopic (exact) mass is 180 g/mol. The summed E-state index contributed by atoms with van der Waals surface area (Å²) in [7, 11) is 0. The van der Waals surface area contributed by atoms with E-state index >= 15 is 0 Å². The highest BCUT2D eigenvalue weighted by molar-refractivity contribution is 5.93. The molecule has 2 unspecified atom stereocenters. The summed E-state index contributed by atoms with van der Waals surface area (Å²) in [6.45, 7) is 1.65. The van der Waals surface area contributed by atoms with Gasteiger partial charge in [-0.15, -0.1) is 0 Å². The van der Waals surface area contributed by atoms with Gasteiger partial charge in [0.15, 0.2) is 0 Å². The van der Waals surface area contributed by atoms with Gasteiger partial charge in [-0.1, -0.05) is 6.08 Å². The molecule has 0 radical (unpaired) electrons. The van der Waals surface area contributed by atoms with Crippen LogP contribution >= 0.6 is 0 Å². The molecule has 0 fully saturated rings. The molecule has 4 heteroatoms. The Balaban J connectivity index is 2.38. The Morgan fingerprint density at radius 2 is 2.31 bits per heavy atom. The van der Waals surface area contributed by atoms with E-state index in [0.717, 1.165) is 0 Å². The Hall–Kier alpha value is -1.45. The molecule has 1 N–H and O–H groups in total. The minimum absolute atomic E-state index is 0.122. The Bertz CT molecular complexity index is 344. The molecule has 0 bridgehead atoms. The number of amides is 1. The molecule has 0 aromatic carbocycles. The summed E-state index contributed by atoms with van der Waals surface area (Å²) in [6.07, 6.45) is 4.32. The number of aliphatic imine (C=N–C) groups is 1. The molecule has 68 valence electrons. The van der Waals surface area contributed by atoms with Gasteiger partial charge in [0.1, 0.15) is 5.83 Å². The van der Waals surface area contributed by atoms with Crippen LogP contribution in [0.1, 0.15) is 6.92 Å². The average molecular weight is 180 g/mol.